The molecule has 2 aliphatic heterocycles. The van der Waals surface area contributed by atoms with E-state index in [1.807, 2.05) is 6.07 Å². The summed E-state index contributed by atoms with van der Waals surface area (Å²) >= 11 is 6.27. The second-order valence-electron chi connectivity index (χ2n) is 11.4. The van der Waals surface area contributed by atoms with E-state index in [-0.39, 0.29) is 11.3 Å². The van der Waals surface area contributed by atoms with Crippen molar-refractivity contribution in [3.63, 3.8) is 0 Å². The molecule has 194 valence electrons. The van der Waals surface area contributed by atoms with Crippen LogP contribution < -0.4 is 5.32 Å². The van der Waals surface area contributed by atoms with Gasteiger partial charge in [0, 0.05) is 36.8 Å². The van der Waals surface area contributed by atoms with Crippen LogP contribution in [0.5, 0.6) is 0 Å². The van der Waals surface area contributed by atoms with Gasteiger partial charge in [0.2, 0.25) is 5.91 Å². The number of pyridine rings is 1. The highest BCUT2D eigenvalue weighted by atomic mass is 35.5. The molecule has 3 heterocycles. The molecule has 1 aliphatic carbocycles. The Kier molecular flexibility index (Phi) is 8.02. The minimum absolute atomic E-state index is 0.0287. The van der Waals surface area contributed by atoms with Gasteiger partial charge >= 0.3 is 0 Å². The molecule has 5 heteroatoms. The summed E-state index contributed by atoms with van der Waals surface area (Å²) in [6.45, 7) is 7.08. The molecule has 1 aromatic carbocycles. The molecule has 1 aromatic heterocycles. The Morgan fingerprint density at radius 3 is 2.83 bits per heavy atom. The number of unbranched alkanes of at least 4 members (excludes halogenated alkanes) is 1. The first-order valence-corrected chi connectivity index (χ1v) is 14.7. The van der Waals surface area contributed by atoms with Gasteiger partial charge in [0.15, 0.2) is 0 Å². The maximum Gasteiger partial charge on any atom is 0.228 e. The molecule has 4 nitrogen and oxygen atoms in total. The Bertz CT molecular complexity index is 1040. The van der Waals surface area contributed by atoms with Crippen LogP contribution >= 0.6 is 11.6 Å². The van der Waals surface area contributed by atoms with Crippen LogP contribution in [-0.2, 0) is 16.6 Å². The lowest BCUT2D eigenvalue weighted by Crippen LogP contribution is -2.55. The third-order valence-corrected chi connectivity index (χ3v) is 9.67. The molecule has 3 aliphatic rings. The van der Waals surface area contributed by atoms with E-state index in [1.54, 1.807) is 0 Å². The number of nitrogens with zero attached hydrogens (tertiary/aromatic N) is 2. The van der Waals surface area contributed by atoms with Crippen molar-refractivity contribution >= 4 is 17.5 Å². The number of fused-ring (bicyclic) bond motifs is 2. The van der Waals surface area contributed by atoms with Crippen LogP contribution in [0, 0.1) is 11.8 Å². The first-order valence-electron chi connectivity index (χ1n) is 14.3. The lowest BCUT2D eigenvalue weighted by Gasteiger charge is -2.47. The van der Waals surface area contributed by atoms with Crippen LogP contribution in [0.2, 0.25) is 5.15 Å². The Morgan fingerprint density at radius 1 is 1.22 bits per heavy atom. The van der Waals surface area contributed by atoms with Crippen molar-refractivity contribution in [1.82, 2.24) is 15.2 Å². The van der Waals surface area contributed by atoms with E-state index in [4.69, 9.17) is 11.6 Å². The van der Waals surface area contributed by atoms with Gasteiger partial charge in [0.25, 0.3) is 0 Å². The number of piperidine rings is 1. The molecule has 2 saturated heterocycles. The molecular formula is C31H42ClN3O. The Hall–Kier alpha value is -1.91. The van der Waals surface area contributed by atoms with Gasteiger partial charge in [-0.1, -0.05) is 81.1 Å². The molecule has 0 bridgehead atoms. The molecule has 1 amide bonds. The van der Waals surface area contributed by atoms with E-state index in [2.05, 4.69) is 65.4 Å². The lowest BCUT2D eigenvalue weighted by atomic mass is 9.65. The molecule has 5 rings (SSSR count). The predicted octanol–water partition coefficient (Wildman–Crippen LogP) is 6.52. The van der Waals surface area contributed by atoms with Gasteiger partial charge in [0.1, 0.15) is 5.15 Å². The van der Waals surface area contributed by atoms with Crippen LogP contribution in [0.25, 0.3) is 0 Å². The summed E-state index contributed by atoms with van der Waals surface area (Å²) in [4.78, 5) is 21.6. The summed E-state index contributed by atoms with van der Waals surface area (Å²) in [5, 5.41) is 4.19. The minimum atomic E-state index is -0.159. The summed E-state index contributed by atoms with van der Waals surface area (Å²) in [5.41, 5.74) is 3.64. The number of nitrogens with one attached hydrogen (secondary N) is 1. The number of hydrogen-bond donors (Lipinski definition) is 1. The monoisotopic (exact) mass is 507 g/mol. The van der Waals surface area contributed by atoms with Crippen molar-refractivity contribution < 1.29 is 4.79 Å². The molecule has 2 unspecified atom stereocenters. The molecule has 1 N–H and O–H groups in total. The van der Waals surface area contributed by atoms with Crippen molar-refractivity contribution in [2.75, 3.05) is 19.6 Å². The molecule has 2 fully saturated rings. The van der Waals surface area contributed by atoms with E-state index in [0.717, 1.165) is 63.9 Å². The van der Waals surface area contributed by atoms with E-state index in [9.17, 15) is 4.79 Å². The van der Waals surface area contributed by atoms with Gasteiger partial charge < -0.3 is 10.2 Å². The van der Waals surface area contributed by atoms with Crippen molar-refractivity contribution in [1.29, 1.82) is 0 Å². The van der Waals surface area contributed by atoms with Crippen molar-refractivity contribution in [2.24, 2.45) is 11.8 Å². The molecule has 5 atom stereocenters. The number of likely N-dealkylation sites (tertiary alicyclic amines) is 1. The maximum absolute atomic E-state index is 14.5. The van der Waals surface area contributed by atoms with Crippen LogP contribution in [0.1, 0.15) is 88.0 Å². The van der Waals surface area contributed by atoms with Crippen LogP contribution in [0.3, 0.4) is 0 Å². The third-order valence-electron chi connectivity index (χ3n) is 9.46. The zero-order valence-electron chi connectivity index (χ0n) is 22.0. The number of aromatic nitrogens is 1. The van der Waals surface area contributed by atoms with Gasteiger partial charge in [-0.25, -0.2) is 4.98 Å². The number of hydrogen-bond acceptors (Lipinski definition) is 3. The molecule has 0 radical (unpaired) electrons. The molecule has 1 spiro atoms. The normalized spacial score (nSPS) is 28.8. The topological polar surface area (TPSA) is 45.2 Å². The molecular weight excluding hydrogens is 466 g/mol. The van der Waals surface area contributed by atoms with Gasteiger partial charge in [-0.05, 0) is 67.6 Å². The molecule has 36 heavy (non-hydrogen) atoms. The Labute approximate surface area is 222 Å². The molecule has 2 aromatic rings. The van der Waals surface area contributed by atoms with Gasteiger partial charge in [-0.2, -0.15) is 0 Å². The third kappa shape index (κ3) is 4.84. The second-order valence-corrected chi connectivity index (χ2v) is 11.8. The highest BCUT2D eigenvalue weighted by molar-refractivity contribution is 6.29. The van der Waals surface area contributed by atoms with Crippen LogP contribution in [0.15, 0.2) is 42.5 Å². The number of halogens is 1. The standard InChI is InChI=1S/C31H42ClN3O/c1-3-5-10-22(4-2)28-19-24(23-11-7-6-8-12-23)16-18-35(28)30(36)26-20-33-21-31(26)17-9-13-27-25(31)14-15-29(32)34-27/h6-8,11-12,14-15,22,24,26,28,33H,3-5,9-10,13,16-21H2,1-2H3/t22?,24-,26+,28?,31+/m1/s1. The second kappa shape index (κ2) is 11.2. The zero-order chi connectivity index (χ0) is 25.1. The highest BCUT2D eigenvalue weighted by Gasteiger charge is 2.52. The summed E-state index contributed by atoms with van der Waals surface area (Å²) in [6, 6.07) is 15.4. The predicted molar refractivity (Wildman–Crippen MR) is 147 cm³/mol. The fourth-order valence-corrected chi connectivity index (χ4v) is 7.70. The minimum Gasteiger partial charge on any atom is -0.339 e. The van der Waals surface area contributed by atoms with Gasteiger partial charge in [-0.3, -0.25) is 4.79 Å². The van der Waals surface area contributed by atoms with Crippen molar-refractivity contribution in [3.8, 4) is 0 Å². The molecule has 0 saturated carbocycles. The lowest BCUT2D eigenvalue weighted by molar-refractivity contribution is -0.142. The Morgan fingerprint density at radius 2 is 2.06 bits per heavy atom. The average molecular weight is 508 g/mol. The summed E-state index contributed by atoms with van der Waals surface area (Å²) in [5.74, 6) is 1.44. The number of rotatable bonds is 7. The fourth-order valence-electron chi connectivity index (χ4n) is 7.53. The maximum atomic E-state index is 14.5. The Balaban J connectivity index is 1.45. The average Bonchev–Trinajstić information content (AvgIpc) is 3.33. The summed E-state index contributed by atoms with van der Waals surface area (Å²) < 4.78 is 0. The zero-order valence-corrected chi connectivity index (χ0v) is 22.8. The number of amides is 1. The largest absolute Gasteiger partial charge is 0.339 e. The van der Waals surface area contributed by atoms with E-state index in [0.29, 0.717) is 28.9 Å². The SMILES string of the molecule is CCCCC(CC)C1C[C@H](c2ccccc2)CCN1C(=O)[C@@H]1CNC[C@]12CCCc1nc(Cl)ccc12. The number of benzene rings is 1. The van der Waals surface area contributed by atoms with Gasteiger partial charge in [0.05, 0.1) is 5.92 Å². The smallest absolute Gasteiger partial charge is 0.228 e. The van der Waals surface area contributed by atoms with Crippen LogP contribution in [0.4, 0.5) is 0 Å². The van der Waals surface area contributed by atoms with Crippen molar-refractivity contribution in [3.05, 3.63) is 64.4 Å². The van der Waals surface area contributed by atoms with Crippen LogP contribution in [-0.4, -0.2) is 41.5 Å². The van der Waals surface area contributed by atoms with E-state index < -0.39 is 0 Å². The summed E-state index contributed by atoms with van der Waals surface area (Å²) in [7, 11) is 0. The first kappa shape index (κ1) is 25.7. The van der Waals surface area contributed by atoms with E-state index >= 15 is 0 Å². The summed E-state index contributed by atoms with van der Waals surface area (Å²) in [6.07, 6.45) is 10.00. The van der Waals surface area contributed by atoms with E-state index in [1.165, 1.54) is 30.4 Å². The number of carbonyl (C=O) groups excluding carboxylic acids is 1. The number of carbonyl (C=O) groups is 1. The quantitative estimate of drug-likeness (QED) is 0.434. The highest BCUT2D eigenvalue weighted by Crippen LogP contribution is 2.47. The fraction of sp³-hybridized carbons (Fsp3) is 0.613. The number of aryl methyl sites for hydroxylation is 1. The van der Waals surface area contributed by atoms with Gasteiger partial charge in [-0.15, -0.1) is 0 Å². The van der Waals surface area contributed by atoms with Crippen molar-refractivity contribution in [2.45, 2.75) is 89.0 Å². The first-order chi connectivity index (χ1) is 17.6.